The zero-order valence-corrected chi connectivity index (χ0v) is 17.7. The molecule has 3 amide bonds. The minimum absolute atomic E-state index is 0.0338. The van der Waals surface area contributed by atoms with Crippen LogP contribution in [-0.4, -0.2) is 36.5 Å². The molecule has 0 bridgehead atoms. The molecule has 9 nitrogen and oxygen atoms in total. The Morgan fingerprint density at radius 2 is 2.17 bits per heavy atom. The van der Waals surface area contributed by atoms with Gasteiger partial charge in [0, 0.05) is 0 Å². The van der Waals surface area contributed by atoms with Crippen molar-refractivity contribution in [2.75, 3.05) is 13.7 Å². The van der Waals surface area contributed by atoms with E-state index in [9.17, 15) is 14.4 Å². The standard InChI is InChI=1S/C19H13BrClN3O6/c1-28-18(26)15-3-2-11(30-15)9-24-17(25)14(23-19(24)27)8-10-6-12(20)16(13(21)7-10)29-5-4-22/h2-3,6-8H,5,9H2,1H3,(H,23,27). The van der Waals surface area contributed by atoms with Gasteiger partial charge in [0.1, 0.15) is 17.5 Å². The van der Waals surface area contributed by atoms with Gasteiger partial charge in [-0.2, -0.15) is 5.26 Å². The van der Waals surface area contributed by atoms with E-state index in [2.05, 4.69) is 26.0 Å². The number of carbonyl (C=O) groups excluding carboxylic acids is 3. The molecule has 11 heteroatoms. The first-order chi connectivity index (χ1) is 14.3. The third-order valence-corrected chi connectivity index (χ3v) is 4.81. The minimum atomic E-state index is -0.663. The van der Waals surface area contributed by atoms with E-state index in [0.29, 0.717) is 15.8 Å². The minimum Gasteiger partial charge on any atom is -0.476 e. The highest BCUT2D eigenvalue weighted by Gasteiger charge is 2.34. The lowest BCUT2D eigenvalue weighted by Gasteiger charge is -2.09. The Hall–Kier alpha value is -3.29. The number of urea groups is 1. The number of hydrogen-bond acceptors (Lipinski definition) is 7. The summed E-state index contributed by atoms with van der Waals surface area (Å²) in [5, 5.41) is 11.3. The molecular formula is C19H13BrClN3O6. The summed E-state index contributed by atoms with van der Waals surface area (Å²) in [7, 11) is 1.21. The van der Waals surface area contributed by atoms with Crippen LogP contribution < -0.4 is 10.1 Å². The second-order valence-corrected chi connectivity index (χ2v) is 7.16. The fourth-order valence-corrected chi connectivity index (χ4v) is 3.60. The number of halogens is 2. The van der Waals surface area contributed by atoms with Crippen LogP contribution >= 0.6 is 27.5 Å². The summed E-state index contributed by atoms with van der Waals surface area (Å²) in [4.78, 5) is 37.3. The Morgan fingerprint density at radius 1 is 1.40 bits per heavy atom. The molecule has 1 N–H and O–H groups in total. The van der Waals surface area contributed by atoms with E-state index in [1.807, 2.05) is 6.07 Å². The number of methoxy groups -OCH3 is 1. The van der Waals surface area contributed by atoms with Crippen LogP contribution in [0.25, 0.3) is 6.08 Å². The zero-order chi connectivity index (χ0) is 21.8. The van der Waals surface area contributed by atoms with Crippen molar-refractivity contribution in [2.45, 2.75) is 6.54 Å². The maximum Gasteiger partial charge on any atom is 0.373 e. The van der Waals surface area contributed by atoms with Gasteiger partial charge in [-0.05, 0) is 51.8 Å². The van der Waals surface area contributed by atoms with Crippen molar-refractivity contribution in [3.8, 4) is 11.8 Å². The van der Waals surface area contributed by atoms with E-state index in [1.165, 1.54) is 31.4 Å². The predicted molar refractivity (Wildman–Crippen MR) is 107 cm³/mol. The second-order valence-electron chi connectivity index (χ2n) is 5.90. The molecule has 30 heavy (non-hydrogen) atoms. The lowest BCUT2D eigenvalue weighted by Crippen LogP contribution is -2.30. The van der Waals surface area contributed by atoms with Gasteiger partial charge in [0.25, 0.3) is 5.91 Å². The van der Waals surface area contributed by atoms with Gasteiger partial charge in [-0.3, -0.25) is 9.69 Å². The van der Waals surface area contributed by atoms with Gasteiger partial charge in [-0.25, -0.2) is 9.59 Å². The number of nitrogens with one attached hydrogen (secondary N) is 1. The molecule has 0 unspecified atom stereocenters. The summed E-state index contributed by atoms with van der Waals surface area (Å²) >= 11 is 9.47. The van der Waals surface area contributed by atoms with Crippen LogP contribution in [0.2, 0.25) is 5.02 Å². The highest BCUT2D eigenvalue weighted by molar-refractivity contribution is 9.10. The molecule has 2 aromatic rings. The Balaban J connectivity index is 1.79. The topological polar surface area (TPSA) is 122 Å². The average Bonchev–Trinajstić information content (AvgIpc) is 3.27. The lowest BCUT2D eigenvalue weighted by molar-refractivity contribution is -0.123. The Labute approximate surface area is 183 Å². The number of esters is 1. The summed E-state index contributed by atoms with van der Waals surface area (Å²) in [5.41, 5.74) is 0.557. The number of rotatable bonds is 6. The van der Waals surface area contributed by atoms with Gasteiger partial charge in [0.05, 0.1) is 23.1 Å². The van der Waals surface area contributed by atoms with Crippen LogP contribution in [0.15, 0.2) is 38.9 Å². The van der Waals surface area contributed by atoms with Gasteiger partial charge >= 0.3 is 12.0 Å². The normalized spacial score (nSPS) is 14.6. The van der Waals surface area contributed by atoms with Crippen molar-refractivity contribution < 1.29 is 28.3 Å². The molecule has 2 heterocycles. The monoisotopic (exact) mass is 493 g/mol. The van der Waals surface area contributed by atoms with Crippen molar-refractivity contribution in [3.63, 3.8) is 0 Å². The summed E-state index contributed by atoms with van der Waals surface area (Å²) in [6.45, 7) is -0.336. The quantitative estimate of drug-likeness (QED) is 0.371. The highest BCUT2D eigenvalue weighted by atomic mass is 79.9. The average molecular weight is 495 g/mol. The molecule has 0 spiro atoms. The smallest absolute Gasteiger partial charge is 0.373 e. The first kappa shape index (κ1) is 21.4. The van der Waals surface area contributed by atoms with E-state index in [4.69, 9.17) is 26.0 Å². The van der Waals surface area contributed by atoms with Crippen LogP contribution in [0.4, 0.5) is 4.79 Å². The molecule has 0 aliphatic carbocycles. The van der Waals surface area contributed by atoms with Crippen molar-refractivity contribution in [1.82, 2.24) is 10.2 Å². The summed E-state index contributed by atoms with van der Waals surface area (Å²) in [5.74, 6) is -0.738. The Kier molecular flexibility index (Phi) is 6.44. The van der Waals surface area contributed by atoms with Crippen molar-refractivity contribution >= 4 is 51.5 Å². The molecule has 1 aliphatic heterocycles. The fraction of sp³-hybridized carbons (Fsp3) is 0.158. The number of imide groups is 1. The summed E-state index contributed by atoms with van der Waals surface area (Å²) in [6, 6.07) is 7.24. The maximum atomic E-state index is 12.6. The second kappa shape index (κ2) is 9.02. The number of nitrogens with zero attached hydrogens (tertiary/aromatic N) is 2. The molecule has 1 fully saturated rings. The number of benzene rings is 1. The molecule has 154 valence electrons. The van der Waals surface area contributed by atoms with E-state index in [0.717, 1.165) is 4.90 Å². The molecule has 1 aromatic heterocycles. The molecular weight excluding hydrogens is 482 g/mol. The van der Waals surface area contributed by atoms with Gasteiger partial charge in [-0.15, -0.1) is 0 Å². The predicted octanol–water partition coefficient (Wildman–Crippen LogP) is 3.48. The first-order valence-corrected chi connectivity index (χ1v) is 9.51. The van der Waals surface area contributed by atoms with Crippen LogP contribution in [0.5, 0.6) is 5.75 Å². The largest absolute Gasteiger partial charge is 0.476 e. The lowest BCUT2D eigenvalue weighted by atomic mass is 10.2. The van der Waals surface area contributed by atoms with Gasteiger partial charge in [0.15, 0.2) is 12.4 Å². The van der Waals surface area contributed by atoms with E-state index < -0.39 is 17.9 Å². The SMILES string of the molecule is COC(=O)c1ccc(CN2C(=O)NC(=Cc3cc(Cl)c(OCC#N)c(Br)c3)C2=O)o1. The Bertz CT molecular complexity index is 1080. The molecule has 1 saturated heterocycles. The number of hydrogen-bond donors (Lipinski definition) is 1. The summed E-state index contributed by atoms with van der Waals surface area (Å²) in [6.07, 6.45) is 1.45. The van der Waals surface area contributed by atoms with Crippen molar-refractivity contribution in [2.24, 2.45) is 0 Å². The van der Waals surface area contributed by atoms with Crippen LogP contribution in [0.3, 0.4) is 0 Å². The number of carbonyl (C=O) groups is 3. The number of nitriles is 1. The molecule has 0 saturated carbocycles. The molecule has 3 rings (SSSR count). The Morgan fingerprint density at radius 3 is 2.83 bits per heavy atom. The van der Waals surface area contributed by atoms with Gasteiger partial charge in [0.2, 0.25) is 5.76 Å². The van der Waals surface area contributed by atoms with E-state index in [-0.39, 0.29) is 35.4 Å². The summed E-state index contributed by atoms with van der Waals surface area (Å²) < 4.78 is 15.6. The van der Waals surface area contributed by atoms with Crippen molar-refractivity contribution in [1.29, 1.82) is 5.26 Å². The number of amides is 3. The van der Waals surface area contributed by atoms with Crippen LogP contribution in [-0.2, 0) is 16.1 Å². The third-order valence-electron chi connectivity index (χ3n) is 3.94. The third kappa shape index (κ3) is 4.48. The molecule has 1 aliphatic rings. The molecule has 0 radical (unpaired) electrons. The van der Waals surface area contributed by atoms with E-state index in [1.54, 1.807) is 6.07 Å². The van der Waals surface area contributed by atoms with Gasteiger partial charge < -0.3 is 19.2 Å². The highest BCUT2D eigenvalue weighted by Crippen LogP contribution is 2.35. The number of furan rings is 1. The number of ether oxygens (including phenoxy) is 2. The first-order valence-electron chi connectivity index (χ1n) is 8.34. The van der Waals surface area contributed by atoms with Crippen LogP contribution in [0.1, 0.15) is 21.9 Å². The zero-order valence-electron chi connectivity index (χ0n) is 15.4. The van der Waals surface area contributed by atoms with Gasteiger partial charge in [-0.1, -0.05) is 11.6 Å². The molecule has 0 atom stereocenters. The maximum absolute atomic E-state index is 12.6. The van der Waals surface area contributed by atoms with E-state index >= 15 is 0 Å². The van der Waals surface area contributed by atoms with Crippen molar-refractivity contribution in [3.05, 3.63) is 56.5 Å². The fourth-order valence-electron chi connectivity index (χ4n) is 2.62. The molecule has 1 aromatic carbocycles. The van der Waals surface area contributed by atoms with Crippen LogP contribution in [0, 0.1) is 11.3 Å².